The van der Waals surface area contributed by atoms with E-state index in [1.54, 1.807) is 12.1 Å². The molecule has 9 heteroatoms. The van der Waals surface area contributed by atoms with Crippen LogP contribution in [-0.2, 0) is 20.5 Å². The van der Waals surface area contributed by atoms with Crippen LogP contribution in [-0.4, -0.2) is 20.2 Å². The second-order valence-electron chi connectivity index (χ2n) is 3.95. The SMILES string of the molecule is NC1=NS(=O)(=O)NC12C(=O)Nc1ccc(Cl)cc12. The largest absolute Gasteiger partial charge is 0.384 e. The van der Waals surface area contributed by atoms with E-state index in [0.717, 1.165) is 0 Å². The number of nitrogens with two attached hydrogens (primary N) is 1. The van der Waals surface area contributed by atoms with Crippen molar-refractivity contribution >= 4 is 39.2 Å². The van der Waals surface area contributed by atoms with E-state index in [2.05, 4.69) is 14.4 Å². The maximum absolute atomic E-state index is 12.0. The van der Waals surface area contributed by atoms with Crippen LogP contribution in [0.2, 0.25) is 5.02 Å². The third-order valence-electron chi connectivity index (χ3n) is 2.86. The van der Waals surface area contributed by atoms with Crippen LogP contribution in [0.1, 0.15) is 5.56 Å². The van der Waals surface area contributed by atoms with Gasteiger partial charge in [-0.25, -0.2) is 0 Å². The van der Waals surface area contributed by atoms with E-state index >= 15 is 0 Å². The van der Waals surface area contributed by atoms with Crippen molar-refractivity contribution in [2.24, 2.45) is 10.1 Å². The molecule has 7 nitrogen and oxygen atoms in total. The molecular formula is C9H7ClN4O3S. The monoisotopic (exact) mass is 286 g/mol. The van der Waals surface area contributed by atoms with Gasteiger partial charge in [-0.1, -0.05) is 11.6 Å². The van der Waals surface area contributed by atoms with Crippen molar-refractivity contribution in [3.63, 3.8) is 0 Å². The van der Waals surface area contributed by atoms with Gasteiger partial charge in [-0.15, -0.1) is 4.40 Å². The Kier molecular flexibility index (Phi) is 2.05. The first-order valence-corrected chi connectivity index (χ1v) is 6.68. The van der Waals surface area contributed by atoms with Crippen molar-refractivity contribution in [1.82, 2.24) is 4.72 Å². The van der Waals surface area contributed by atoms with Crippen LogP contribution in [0.4, 0.5) is 5.69 Å². The van der Waals surface area contributed by atoms with E-state index < -0.39 is 21.7 Å². The normalized spacial score (nSPS) is 28.1. The summed E-state index contributed by atoms with van der Waals surface area (Å²) < 4.78 is 28.3. The van der Waals surface area contributed by atoms with Gasteiger partial charge in [0.05, 0.1) is 0 Å². The Morgan fingerprint density at radius 2 is 2.11 bits per heavy atom. The molecule has 0 aromatic heterocycles. The molecule has 2 aliphatic rings. The molecule has 1 atom stereocenters. The maximum atomic E-state index is 12.0. The molecule has 4 N–H and O–H groups in total. The molecule has 1 unspecified atom stereocenters. The average Bonchev–Trinajstić information content (AvgIpc) is 2.66. The molecule has 18 heavy (non-hydrogen) atoms. The standard InChI is InChI=1S/C9H7ClN4O3S/c10-4-1-2-6-5(3-4)9(8(15)12-6)7(11)13-18(16,17)14-9/h1-3,14H,(H2,11,13)(H,12,15). The summed E-state index contributed by atoms with van der Waals surface area (Å²) in [6.07, 6.45) is 0. The molecule has 0 bridgehead atoms. The van der Waals surface area contributed by atoms with Gasteiger partial charge in [0, 0.05) is 16.3 Å². The van der Waals surface area contributed by atoms with E-state index in [-0.39, 0.29) is 5.84 Å². The summed E-state index contributed by atoms with van der Waals surface area (Å²) in [7, 11) is -3.97. The van der Waals surface area contributed by atoms with E-state index in [1.807, 2.05) is 0 Å². The van der Waals surface area contributed by atoms with Gasteiger partial charge in [-0.3, -0.25) is 4.79 Å². The van der Waals surface area contributed by atoms with Crippen LogP contribution in [0.3, 0.4) is 0 Å². The highest BCUT2D eigenvalue weighted by Crippen LogP contribution is 2.40. The van der Waals surface area contributed by atoms with Crippen molar-refractivity contribution in [2.45, 2.75) is 5.54 Å². The number of fused-ring (bicyclic) bond motifs is 2. The van der Waals surface area contributed by atoms with Crippen LogP contribution in [0.25, 0.3) is 0 Å². The third-order valence-corrected chi connectivity index (χ3v) is 4.10. The number of carbonyl (C=O) groups is 1. The Morgan fingerprint density at radius 3 is 2.72 bits per heavy atom. The molecule has 1 spiro atoms. The highest BCUT2D eigenvalue weighted by Gasteiger charge is 2.56. The Balaban J connectivity index is 2.30. The molecule has 0 radical (unpaired) electrons. The van der Waals surface area contributed by atoms with E-state index in [4.69, 9.17) is 17.3 Å². The minimum absolute atomic E-state index is 0.319. The lowest BCUT2D eigenvalue weighted by Crippen LogP contribution is -2.53. The molecule has 0 saturated carbocycles. The first-order valence-electron chi connectivity index (χ1n) is 4.86. The second-order valence-corrected chi connectivity index (χ2v) is 5.72. The number of amidine groups is 1. The first kappa shape index (κ1) is 11.5. The Hall–Kier alpha value is -1.64. The fourth-order valence-electron chi connectivity index (χ4n) is 2.10. The number of anilines is 1. The topological polar surface area (TPSA) is 114 Å². The molecule has 2 aliphatic heterocycles. The molecular weight excluding hydrogens is 280 g/mol. The number of halogens is 1. The second kappa shape index (κ2) is 3.22. The number of rotatable bonds is 0. The van der Waals surface area contributed by atoms with Gasteiger partial charge < -0.3 is 11.1 Å². The Morgan fingerprint density at radius 1 is 1.39 bits per heavy atom. The molecule has 0 fully saturated rings. The predicted octanol–water partition coefficient (Wildman–Crippen LogP) is -0.307. The van der Waals surface area contributed by atoms with Crippen molar-refractivity contribution in [2.75, 3.05) is 5.32 Å². The molecule has 1 aromatic carbocycles. The predicted molar refractivity (Wildman–Crippen MR) is 65.4 cm³/mol. The van der Waals surface area contributed by atoms with Crippen LogP contribution >= 0.6 is 11.6 Å². The number of hydrogen-bond donors (Lipinski definition) is 3. The summed E-state index contributed by atoms with van der Waals surface area (Å²) in [4.78, 5) is 12.0. The van der Waals surface area contributed by atoms with E-state index in [9.17, 15) is 13.2 Å². The third kappa shape index (κ3) is 1.30. The molecule has 94 valence electrons. The zero-order chi connectivity index (χ0) is 13.1. The van der Waals surface area contributed by atoms with Crippen LogP contribution in [0.15, 0.2) is 22.6 Å². The van der Waals surface area contributed by atoms with Crippen LogP contribution < -0.4 is 15.8 Å². The highest BCUT2D eigenvalue weighted by atomic mass is 35.5. The summed E-state index contributed by atoms with van der Waals surface area (Å²) in [5.74, 6) is -0.914. The van der Waals surface area contributed by atoms with E-state index in [1.165, 1.54) is 6.07 Å². The summed E-state index contributed by atoms with van der Waals surface area (Å²) >= 11 is 5.85. The molecule has 0 saturated heterocycles. The highest BCUT2D eigenvalue weighted by molar-refractivity contribution is 7.88. The van der Waals surface area contributed by atoms with Crippen molar-refractivity contribution < 1.29 is 13.2 Å². The van der Waals surface area contributed by atoms with Gasteiger partial charge in [0.2, 0.25) is 0 Å². The number of nitrogens with zero attached hydrogens (tertiary/aromatic N) is 1. The smallest absolute Gasteiger partial charge is 0.323 e. The van der Waals surface area contributed by atoms with Gasteiger partial charge >= 0.3 is 10.2 Å². The van der Waals surface area contributed by atoms with E-state index in [0.29, 0.717) is 16.3 Å². The molecule has 2 heterocycles. The molecule has 1 amide bonds. The number of hydrogen-bond acceptors (Lipinski definition) is 4. The van der Waals surface area contributed by atoms with Gasteiger partial charge in [0.15, 0.2) is 5.54 Å². The van der Waals surface area contributed by atoms with Crippen molar-refractivity contribution in [3.8, 4) is 0 Å². The zero-order valence-corrected chi connectivity index (χ0v) is 10.3. The van der Waals surface area contributed by atoms with Crippen LogP contribution in [0, 0.1) is 0 Å². The Bertz CT molecular complexity index is 715. The summed E-state index contributed by atoms with van der Waals surface area (Å²) in [6, 6.07) is 4.63. The lowest BCUT2D eigenvalue weighted by Gasteiger charge is -2.20. The number of carbonyl (C=O) groups excluding carboxylic acids is 1. The van der Waals surface area contributed by atoms with Gasteiger partial charge in [-0.05, 0) is 18.2 Å². The van der Waals surface area contributed by atoms with Gasteiger partial charge in [0.1, 0.15) is 5.84 Å². The number of amides is 1. The van der Waals surface area contributed by atoms with Crippen molar-refractivity contribution in [3.05, 3.63) is 28.8 Å². The van der Waals surface area contributed by atoms with Gasteiger partial charge in [0.25, 0.3) is 5.91 Å². The first-order chi connectivity index (χ1) is 8.35. The number of nitrogens with one attached hydrogen (secondary N) is 2. The molecule has 0 aliphatic carbocycles. The zero-order valence-electron chi connectivity index (χ0n) is 8.77. The number of benzene rings is 1. The molecule has 3 rings (SSSR count). The summed E-state index contributed by atoms with van der Waals surface area (Å²) in [6.45, 7) is 0. The summed E-state index contributed by atoms with van der Waals surface area (Å²) in [5, 5.41) is 2.90. The Labute approximate surface area is 107 Å². The van der Waals surface area contributed by atoms with Crippen LogP contribution in [0.5, 0.6) is 0 Å². The molecule has 1 aromatic rings. The lowest BCUT2D eigenvalue weighted by atomic mass is 9.91. The fourth-order valence-corrected chi connectivity index (χ4v) is 3.40. The van der Waals surface area contributed by atoms with Crippen molar-refractivity contribution in [1.29, 1.82) is 0 Å². The maximum Gasteiger partial charge on any atom is 0.323 e. The fraction of sp³-hybridized carbons (Fsp3) is 0.111. The minimum atomic E-state index is -3.97. The quantitative estimate of drug-likeness (QED) is 0.607. The lowest BCUT2D eigenvalue weighted by molar-refractivity contribution is -0.118. The summed E-state index contributed by atoms with van der Waals surface area (Å²) in [5.41, 5.74) is 4.73. The average molecular weight is 287 g/mol. The minimum Gasteiger partial charge on any atom is -0.384 e. The van der Waals surface area contributed by atoms with Gasteiger partial charge in [-0.2, -0.15) is 13.1 Å².